The van der Waals surface area contributed by atoms with Crippen molar-refractivity contribution in [2.45, 2.75) is 18.8 Å². The molecule has 1 aliphatic rings. The van der Waals surface area contributed by atoms with E-state index >= 15 is 0 Å². The maximum absolute atomic E-state index is 11.1. The van der Waals surface area contributed by atoms with E-state index in [0.29, 0.717) is 0 Å². The first-order valence-corrected chi connectivity index (χ1v) is 5.06. The van der Waals surface area contributed by atoms with E-state index in [-0.39, 0.29) is 11.8 Å². The highest BCUT2D eigenvalue weighted by Crippen LogP contribution is 2.37. The van der Waals surface area contributed by atoms with E-state index in [4.69, 9.17) is 5.73 Å². The molecule has 0 saturated carbocycles. The number of amides is 1. The summed E-state index contributed by atoms with van der Waals surface area (Å²) in [4.78, 5) is 11.1. The quantitative estimate of drug-likeness (QED) is 0.801. The van der Waals surface area contributed by atoms with Gasteiger partial charge in [-0.2, -0.15) is 0 Å². The minimum absolute atomic E-state index is 0.0921. The number of aryl methyl sites for hydroxylation is 1. The zero-order valence-corrected chi connectivity index (χ0v) is 8.67. The van der Waals surface area contributed by atoms with E-state index in [1.165, 1.54) is 5.56 Å². The molecule has 1 amide bonds. The van der Waals surface area contributed by atoms with Crippen LogP contribution in [0.25, 0.3) is 0 Å². The number of carbonyl (C=O) groups is 1. The predicted molar refractivity (Wildman–Crippen MR) is 54.4 cm³/mol. The highest BCUT2D eigenvalue weighted by atomic mass is 79.9. The SMILES string of the molecule is NC(=O)C1CCc2cccc(Br)c21. The molecular weight excluding hydrogens is 230 g/mol. The average Bonchev–Trinajstić information content (AvgIpc) is 2.49. The fourth-order valence-electron chi connectivity index (χ4n) is 1.92. The molecule has 0 spiro atoms. The first-order valence-electron chi connectivity index (χ1n) is 4.26. The second kappa shape index (κ2) is 3.14. The minimum atomic E-state index is -0.217. The third kappa shape index (κ3) is 1.37. The van der Waals surface area contributed by atoms with Gasteiger partial charge < -0.3 is 5.73 Å². The molecule has 1 aromatic rings. The molecule has 2 nitrogen and oxygen atoms in total. The summed E-state index contributed by atoms with van der Waals surface area (Å²) >= 11 is 3.45. The summed E-state index contributed by atoms with van der Waals surface area (Å²) in [6, 6.07) is 6.01. The minimum Gasteiger partial charge on any atom is -0.369 e. The first-order chi connectivity index (χ1) is 6.20. The van der Waals surface area contributed by atoms with E-state index in [2.05, 4.69) is 22.0 Å². The lowest BCUT2D eigenvalue weighted by atomic mass is 10.0. The molecule has 1 aromatic carbocycles. The van der Waals surface area contributed by atoms with Crippen molar-refractivity contribution in [2.24, 2.45) is 5.73 Å². The normalized spacial score (nSPS) is 19.9. The zero-order valence-electron chi connectivity index (χ0n) is 7.09. The number of halogens is 1. The van der Waals surface area contributed by atoms with Gasteiger partial charge in [0, 0.05) is 4.47 Å². The predicted octanol–water partition coefficient (Wildman–Crippen LogP) is 1.96. The molecule has 2 rings (SSSR count). The van der Waals surface area contributed by atoms with Crippen LogP contribution in [0.2, 0.25) is 0 Å². The number of rotatable bonds is 1. The molecule has 2 N–H and O–H groups in total. The molecule has 13 heavy (non-hydrogen) atoms. The molecule has 0 radical (unpaired) electrons. The van der Waals surface area contributed by atoms with Gasteiger partial charge in [0.05, 0.1) is 5.92 Å². The second-order valence-electron chi connectivity index (χ2n) is 3.31. The summed E-state index contributed by atoms with van der Waals surface area (Å²) in [5, 5.41) is 0. The van der Waals surface area contributed by atoms with Crippen LogP contribution in [-0.4, -0.2) is 5.91 Å². The van der Waals surface area contributed by atoms with Gasteiger partial charge in [0.2, 0.25) is 5.91 Å². The molecule has 3 heteroatoms. The van der Waals surface area contributed by atoms with Crippen LogP contribution in [0, 0.1) is 0 Å². The highest BCUT2D eigenvalue weighted by Gasteiger charge is 2.28. The molecule has 1 unspecified atom stereocenters. The standard InChI is InChI=1S/C10H10BrNO/c11-8-3-1-2-6-4-5-7(9(6)8)10(12)13/h1-3,7H,4-5H2,(H2,12,13). The number of nitrogens with two attached hydrogens (primary N) is 1. The third-order valence-electron chi connectivity index (χ3n) is 2.54. The molecule has 0 aromatic heterocycles. The third-order valence-corrected chi connectivity index (χ3v) is 3.23. The van der Waals surface area contributed by atoms with Crippen molar-refractivity contribution in [1.82, 2.24) is 0 Å². The fourth-order valence-corrected chi connectivity index (χ4v) is 2.60. The van der Waals surface area contributed by atoms with Crippen molar-refractivity contribution < 1.29 is 4.79 Å². The van der Waals surface area contributed by atoms with E-state index in [9.17, 15) is 4.79 Å². The molecule has 68 valence electrons. The van der Waals surface area contributed by atoms with Gasteiger partial charge in [-0.3, -0.25) is 4.79 Å². The highest BCUT2D eigenvalue weighted by molar-refractivity contribution is 9.10. The summed E-state index contributed by atoms with van der Waals surface area (Å²) in [6.45, 7) is 0. The summed E-state index contributed by atoms with van der Waals surface area (Å²) in [5.41, 5.74) is 7.66. The molecule has 1 atom stereocenters. The maximum atomic E-state index is 11.1. The zero-order chi connectivity index (χ0) is 9.42. The second-order valence-corrected chi connectivity index (χ2v) is 4.16. The van der Waals surface area contributed by atoms with Crippen LogP contribution < -0.4 is 5.73 Å². The molecule has 1 aliphatic carbocycles. The first kappa shape index (κ1) is 8.75. The topological polar surface area (TPSA) is 43.1 Å². The van der Waals surface area contributed by atoms with Gasteiger partial charge in [0.25, 0.3) is 0 Å². The number of fused-ring (bicyclic) bond motifs is 1. The van der Waals surface area contributed by atoms with Crippen LogP contribution in [0.15, 0.2) is 22.7 Å². The van der Waals surface area contributed by atoms with Gasteiger partial charge in [-0.25, -0.2) is 0 Å². The summed E-state index contributed by atoms with van der Waals surface area (Å²) in [7, 11) is 0. The smallest absolute Gasteiger partial charge is 0.225 e. The number of carbonyl (C=O) groups excluding carboxylic acids is 1. The van der Waals surface area contributed by atoms with Crippen LogP contribution in [0.1, 0.15) is 23.5 Å². The van der Waals surface area contributed by atoms with Gasteiger partial charge in [-0.05, 0) is 30.0 Å². The van der Waals surface area contributed by atoms with Gasteiger partial charge in [-0.1, -0.05) is 28.1 Å². The van der Waals surface area contributed by atoms with Gasteiger partial charge in [0.1, 0.15) is 0 Å². The van der Waals surface area contributed by atoms with Crippen molar-refractivity contribution in [3.63, 3.8) is 0 Å². The number of benzene rings is 1. The lowest BCUT2D eigenvalue weighted by molar-refractivity contribution is -0.119. The number of hydrogen-bond donors (Lipinski definition) is 1. The Bertz CT molecular complexity index is 362. The van der Waals surface area contributed by atoms with E-state index < -0.39 is 0 Å². The molecule has 0 fully saturated rings. The van der Waals surface area contributed by atoms with E-state index in [0.717, 1.165) is 22.9 Å². The average molecular weight is 240 g/mol. The van der Waals surface area contributed by atoms with Crippen LogP contribution in [-0.2, 0) is 11.2 Å². The Hall–Kier alpha value is -0.830. The van der Waals surface area contributed by atoms with Crippen molar-refractivity contribution in [3.8, 4) is 0 Å². The molecule has 0 heterocycles. The van der Waals surface area contributed by atoms with Crippen LogP contribution in [0.5, 0.6) is 0 Å². The Kier molecular flexibility index (Phi) is 2.12. The Morgan fingerprint density at radius 1 is 1.54 bits per heavy atom. The Balaban J connectivity index is 2.52. The van der Waals surface area contributed by atoms with Crippen molar-refractivity contribution in [3.05, 3.63) is 33.8 Å². The van der Waals surface area contributed by atoms with Crippen molar-refractivity contribution in [2.75, 3.05) is 0 Å². The van der Waals surface area contributed by atoms with Gasteiger partial charge in [-0.15, -0.1) is 0 Å². The maximum Gasteiger partial charge on any atom is 0.225 e. The van der Waals surface area contributed by atoms with Gasteiger partial charge >= 0.3 is 0 Å². The Labute approximate surface area is 85.3 Å². The Morgan fingerprint density at radius 2 is 2.31 bits per heavy atom. The van der Waals surface area contributed by atoms with Crippen LogP contribution in [0.4, 0.5) is 0 Å². The number of primary amides is 1. The largest absolute Gasteiger partial charge is 0.369 e. The van der Waals surface area contributed by atoms with Crippen LogP contribution in [0.3, 0.4) is 0 Å². The lowest BCUT2D eigenvalue weighted by Crippen LogP contribution is -2.19. The van der Waals surface area contributed by atoms with Crippen molar-refractivity contribution in [1.29, 1.82) is 0 Å². The van der Waals surface area contributed by atoms with Crippen molar-refractivity contribution >= 4 is 21.8 Å². The van der Waals surface area contributed by atoms with E-state index in [1.807, 2.05) is 12.1 Å². The summed E-state index contributed by atoms with van der Waals surface area (Å²) < 4.78 is 1.01. The fraction of sp³-hybridized carbons (Fsp3) is 0.300. The summed E-state index contributed by atoms with van der Waals surface area (Å²) in [5.74, 6) is -0.309. The van der Waals surface area contributed by atoms with E-state index in [1.54, 1.807) is 0 Å². The molecule has 0 bridgehead atoms. The number of hydrogen-bond acceptors (Lipinski definition) is 1. The monoisotopic (exact) mass is 239 g/mol. The van der Waals surface area contributed by atoms with Gasteiger partial charge in [0.15, 0.2) is 0 Å². The molecule has 0 saturated heterocycles. The van der Waals surface area contributed by atoms with Crippen LogP contribution >= 0.6 is 15.9 Å². The summed E-state index contributed by atoms with van der Waals surface area (Å²) in [6.07, 6.45) is 1.82. The Morgan fingerprint density at radius 3 is 3.00 bits per heavy atom. The molecule has 0 aliphatic heterocycles. The lowest BCUT2D eigenvalue weighted by Gasteiger charge is -2.08. The molecular formula is C10H10BrNO.